The number of ether oxygens (including phenoxy) is 1. The Balaban J connectivity index is 1.45. The third-order valence-corrected chi connectivity index (χ3v) is 5.73. The molecule has 6 nitrogen and oxygen atoms in total. The summed E-state index contributed by atoms with van der Waals surface area (Å²) in [7, 11) is 5.78. The number of anilines is 3. The first kappa shape index (κ1) is 21.1. The van der Waals surface area contributed by atoms with E-state index in [0.29, 0.717) is 5.92 Å². The van der Waals surface area contributed by atoms with Gasteiger partial charge in [-0.05, 0) is 62.4 Å². The number of benzene rings is 1. The van der Waals surface area contributed by atoms with Crippen LogP contribution in [0.25, 0.3) is 0 Å². The number of aromatic nitrogens is 2. The number of hydrogen-bond acceptors (Lipinski definition) is 6. The number of rotatable bonds is 7. The van der Waals surface area contributed by atoms with E-state index in [9.17, 15) is 0 Å². The minimum absolute atomic E-state index is 0.441. The van der Waals surface area contributed by atoms with Gasteiger partial charge in [0.15, 0.2) is 0 Å². The second-order valence-corrected chi connectivity index (χ2v) is 8.38. The second-order valence-electron chi connectivity index (χ2n) is 8.38. The molecule has 31 heavy (non-hydrogen) atoms. The molecule has 162 valence electrons. The van der Waals surface area contributed by atoms with E-state index in [-0.39, 0.29) is 0 Å². The fourth-order valence-corrected chi connectivity index (χ4v) is 4.23. The summed E-state index contributed by atoms with van der Waals surface area (Å²) in [4.78, 5) is 14.0. The average Bonchev–Trinajstić information content (AvgIpc) is 3.23. The Kier molecular flexibility index (Phi) is 6.37. The quantitative estimate of drug-likeness (QED) is 0.607. The van der Waals surface area contributed by atoms with Crippen LogP contribution < -0.4 is 15.0 Å². The number of likely N-dealkylation sites (tertiary alicyclic amines) is 1. The highest BCUT2D eigenvalue weighted by atomic mass is 16.5. The number of pyridine rings is 2. The van der Waals surface area contributed by atoms with Gasteiger partial charge >= 0.3 is 0 Å². The van der Waals surface area contributed by atoms with Crippen LogP contribution in [-0.2, 0) is 6.54 Å². The van der Waals surface area contributed by atoms with Crippen molar-refractivity contribution in [3.63, 3.8) is 0 Å². The van der Waals surface area contributed by atoms with E-state index in [1.165, 1.54) is 5.56 Å². The molecule has 1 aliphatic rings. The molecule has 3 heterocycles. The van der Waals surface area contributed by atoms with Crippen molar-refractivity contribution in [2.45, 2.75) is 25.8 Å². The zero-order valence-corrected chi connectivity index (χ0v) is 18.8. The van der Waals surface area contributed by atoms with E-state index in [2.05, 4.69) is 45.2 Å². The molecule has 1 saturated heterocycles. The minimum atomic E-state index is 0.441. The van der Waals surface area contributed by atoms with Crippen molar-refractivity contribution in [3.05, 3.63) is 71.7 Å². The lowest BCUT2D eigenvalue weighted by Gasteiger charge is -2.21. The van der Waals surface area contributed by atoms with Gasteiger partial charge in [-0.2, -0.15) is 0 Å². The van der Waals surface area contributed by atoms with Gasteiger partial charge < -0.3 is 15.0 Å². The summed E-state index contributed by atoms with van der Waals surface area (Å²) in [6.45, 7) is 5.07. The van der Waals surface area contributed by atoms with Crippen molar-refractivity contribution >= 4 is 17.2 Å². The third kappa shape index (κ3) is 5.14. The first-order valence-corrected chi connectivity index (χ1v) is 10.7. The van der Waals surface area contributed by atoms with E-state index in [4.69, 9.17) is 9.72 Å². The van der Waals surface area contributed by atoms with Crippen LogP contribution in [0.3, 0.4) is 0 Å². The number of methoxy groups -OCH3 is 1. The fraction of sp³-hybridized carbons (Fsp3) is 0.360. The van der Waals surface area contributed by atoms with Crippen LogP contribution >= 0.6 is 0 Å². The van der Waals surface area contributed by atoms with Gasteiger partial charge in [0.2, 0.25) is 0 Å². The monoisotopic (exact) mass is 417 g/mol. The lowest BCUT2D eigenvalue weighted by Crippen LogP contribution is -2.22. The molecule has 0 bridgehead atoms. The predicted octanol–water partition coefficient (Wildman–Crippen LogP) is 4.59. The molecule has 0 saturated carbocycles. The zero-order chi connectivity index (χ0) is 21.8. The Morgan fingerprint density at radius 2 is 1.94 bits per heavy atom. The topological polar surface area (TPSA) is 53.5 Å². The van der Waals surface area contributed by atoms with Gasteiger partial charge in [0.1, 0.15) is 11.6 Å². The number of nitrogens with one attached hydrogen (secondary N) is 1. The Hall–Kier alpha value is -3.12. The van der Waals surface area contributed by atoms with Crippen LogP contribution in [0.1, 0.15) is 29.3 Å². The van der Waals surface area contributed by atoms with Crippen molar-refractivity contribution < 1.29 is 4.74 Å². The van der Waals surface area contributed by atoms with Crippen molar-refractivity contribution in [2.75, 3.05) is 44.5 Å². The lowest BCUT2D eigenvalue weighted by molar-refractivity contribution is 0.326. The normalized spacial score (nSPS) is 16.3. The highest BCUT2D eigenvalue weighted by Crippen LogP contribution is 2.31. The molecule has 0 spiro atoms. The molecule has 1 aromatic carbocycles. The predicted molar refractivity (Wildman–Crippen MR) is 126 cm³/mol. The number of aryl methyl sites for hydroxylation is 1. The van der Waals surface area contributed by atoms with Crippen LogP contribution in [0.5, 0.6) is 5.75 Å². The standard InChI is InChI=1S/C25H31N5O/c1-18-14-22(28-21-7-9-23(31-4)10-8-21)15-24(27-18)19-11-13-30(16-19)17-20-6-5-12-26-25(20)29(2)3/h5-10,12,14-15,19H,11,13,16-17H2,1-4H3,(H,27,28)/t19-/m1/s1. The lowest BCUT2D eigenvalue weighted by atomic mass is 10.0. The summed E-state index contributed by atoms with van der Waals surface area (Å²) in [6.07, 6.45) is 2.98. The Morgan fingerprint density at radius 3 is 2.68 bits per heavy atom. The van der Waals surface area contributed by atoms with Gasteiger partial charge in [-0.3, -0.25) is 9.88 Å². The zero-order valence-electron chi connectivity index (χ0n) is 18.8. The highest BCUT2D eigenvalue weighted by molar-refractivity contribution is 5.61. The van der Waals surface area contributed by atoms with Crippen molar-refractivity contribution in [1.82, 2.24) is 14.9 Å². The van der Waals surface area contributed by atoms with Crippen molar-refractivity contribution in [3.8, 4) is 5.75 Å². The van der Waals surface area contributed by atoms with Crippen molar-refractivity contribution in [2.24, 2.45) is 0 Å². The molecule has 1 aliphatic heterocycles. The summed E-state index contributed by atoms with van der Waals surface area (Å²) in [6, 6.07) is 16.5. The largest absolute Gasteiger partial charge is 0.497 e. The van der Waals surface area contributed by atoms with Crippen LogP contribution in [0.2, 0.25) is 0 Å². The molecule has 0 amide bonds. The molecule has 1 fully saturated rings. The van der Waals surface area contributed by atoms with Crippen LogP contribution in [0.4, 0.5) is 17.2 Å². The van der Waals surface area contributed by atoms with Crippen LogP contribution in [0, 0.1) is 6.92 Å². The van der Waals surface area contributed by atoms with Gasteiger partial charge in [-0.15, -0.1) is 0 Å². The Bertz CT molecular complexity index is 1020. The van der Waals surface area contributed by atoms with Gasteiger partial charge in [0.05, 0.1) is 7.11 Å². The Morgan fingerprint density at radius 1 is 1.13 bits per heavy atom. The summed E-state index contributed by atoms with van der Waals surface area (Å²) in [5.74, 6) is 2.34. The molecule has 1 N–H and O–H groups in total. The molecule has 0 aliphatic carbocycles. The van der Waals surface area contributed by atoms with Gasteiger partial charge in [0, 0.05) is 67.6 Å². The first-order valence-electron chi connectivity index (χ1n) is 10.7. The summed E-state index contributed by atoms with van der Waals surface area (Å²) < 4.78 is 5.25. The summed E-state index contributed by atoms with van der Waals surface area (Å²) >= 11 is 0. The van der Waals surface area contributed by atoms with Gasteiger partial charge in [-0.25, -0.2) is 4.98 Å². The maximum absolute atomic E-state index is 5.25. The average molecular weight is 418 g/mol. The molecule has 0 radical (unpaired) electrons. The number of hydrogen-bond donors (Lipinski definition) is 1. The van der Waals surface area contributed by atoms with Crippen molar-refractivity contribution in [1.29, 1.82) is 0 Å². The van der Waals surface area contributed by atoms with E-state index in [0.717, 1.165) is 60.4 Å². The SMILES string of the molecule is COc1ccc(Nc2cc(C)nc([C@@H]3CCN(Cc4cccnc4N(C)C)C3)c2)cc1. The summed E-state index contributed by atoms with van der Waals surface area (Å²) in [5, 5.41) is 3.51. The van der Waals surface area contributed by atoms with Crippen LogP contribution in [-0.4, -0.2) is 49.2 Å². The third-order valence-electron chi connectivity index (χ3n) is 5.73. The van der Waals surface area contributed by atoms with Crippen LogP contribution in [0.15, 0.2) is 54.7 Å². The smallest absolute Gasteiger partial charge is 0.132 e. The highest BCUT2D eigenvalue weighted by Gasteiger charge is 2.26. The Labute approximate surface area is 184 Å². The molecule has 2 aromatic heterocycles. The molecule has 3 aromatic rings. The molecule has 0 unspecified atom stereocenters. The fourth-order valence-electron chi connectivity index (χ4n) is 4.23. The molecule has 4 rings (SSSR count). The maximum Gasteiger partial charge on any atom is 0.132 e. The van der Waals surface area contributed by atoms with E-state index in [1.54, 1.807) is 7.11 Å². The molecule has 6 heteroatoms. The van der Waals surface area contributed by atoms with Gasteiger partial charge in [-0.1, -0.05) is 6.07 Å². The van der Waals surface area contributed by atoms with E-state index in [1.807, 2.05) is 50.6 Å². The van der Waals surface area contributed by atoms with E-state index >= 15 is 0 Å². The van der Waals surface area contributed by atoms with Gasteiger partial charge in [0.25, 0.3) is 0 Å². The first-order chi connectivity index (χ1) is 15.0. The second kappa shape index (κ2) is 9.35. The molecular formula is C25H31N5O. The number of nitrogens with zero attached hydrogens (tertiary/aromatic N) is 4. The van der Waals surface area contributed by atoms with E-state index < -0.39 is 0 Å². The maximum atomic E-state index is 5.25. The minimum Gasteiger partial charge on any atom is -0.497 e. The molecular weight excluding hydrogens is 386 g/mol. The molecule has 1 atom stereocenters. The summed E-state index contributed by atoms with van der Waals surface area (Å²) in [5.41, 5.74) is 5.59.